The molecule has 5 heteroatoms. The van der Waals surface area contributed by atoms with Gasteiger partial charge in [-0.3, -0.25) is 4.79 Å². The Morgan fingerprint density at radius 2 is 2.09 bits per heavy atom. The van der Waals surface area contributed by atoms with E-state index in [1.54, 1.807) is 0 Å². The molecule has 11 heavy (non-hydrogen) atoms. The first-order valence-electron chi connectivity index (χ1n) is 2.99. The van der Waals surface area contributed by atoms with Crippen LogP contribution < -0.4 is 0 Å². The van der Waals surface area contributed by atoms with Crippen molar-refractivity contribution in [1.82, 2.24) is 4.90 Å². The minimum absolute atomic E-state index is 0.382. The van der Waals surface area contributed by atoms with E-state index in [0.29, 0.717) is 0 Å². The lowest BCUT2D eigenvalue weighted by molar-refractivity contribution is -0.160. The first-order chi connectivity index (χ1) is 5.05. The molecule has 0 atom stereocenters. The molecule has 2 nitrogen and oxygen atoms in total. The van der Waals surface area contributed by atoms with E-state index in [-0.39, 0.29) is 5.91 Å². The predicted molar refractivity (Wildman–Crippen MR) is 39.6 cm³/mol. The maximum absolute atomic E-state index is 12.2. The lowest BCUT2D eigenvalue weighted by atomic mass is 10.1. The van der Waals surface area contributed by atoms with Gasteiger partial charge in [0.25, 0.3) is 5.92 Å². The van der Waals surface area contributed by atoms with Gasteiger partial charge < -0.3 is 4.90 Å². The highest BCUT2D eigenvalue weighted by atomic mass is 79.9. The average Bonchev–Trinajstić information content (AvgIpc) is 1.83. The van der Waals surface area contributed by atoms with E-state index < -0.39 is 19.0 Å². The number of alkyl halides is 2. The summed E-state index contributed by atoms with van der Waals surface area (Å²) in [5.41, 5.74) is 0. The van der Waals surface area contributed by atoms with Crippen LogP contribution in [0.5, 0.6) is 0 Å². The summed E-state index contributed by atoms with van der Waals surface area (Å²) in [5.74, 6) is -3.05. The minimum Gasteiger partial charge on any atom is -0.327 e. The lowest BCUT2D eigenvalue weighted by Gasteiger charge is -2.37. The fraction of sp³-hybridized carbons (Fsp3) is 0.500. The van der Waals surface area contributed by atoms with E-state index in [9.17, 15) is 13.6 Å². The third-order valence-corrected chi connectivity index (χ3v) is 1.63. The Kier molecular flexibility index (Phi) is 2.27. The molecule has 0 unspecified atom stereocenters. The third-order valence-electron chi connectivity index (χ3n) is 1.36. The van der Waals surface area contributed by atoms with Crippen molar-refractivity contribution in [3.05, 3.63) is 11.1 Å². The van der Waals surface area contributed by atoms with Gasteiger partial charge in [0.15, 0.2) is 0 Å². The second-order valence-corrected chi connectivity index (χ2v) is 2.87. The molecule has 0 aromatic rings. The van der Waals surface area contributed by atoms with Crippen molar-refractivity contribution in [3.8, 4) is 0 Å². The number of nitrogens with zero attached hydrogens (tertiary/aromatic N) is 1. The highest BCUT2D eigenvalue weighted by Crippen LogP contribution is 2.26. The van der Waals surface area contributed by atoms with E-state index in [1.807, 2.05) is 0 Å². The van der Waals surface area contributed by atoms with Gasteiger partial charge in [-0.15, -0.1) is 0 Å². The lowest BCUT2D eigenvalue weighted by Crippen LogP contribution is -2.57. The number of hydrogen-bond donors (Lipinski definition) is 0. The monoisotopic (exact) mass is 225 g/mol. The van der Waals surface area contributed by atoms with Gasteiger partial charge in [0.1, 0.15) is 0 Å². The van der Waals surface area contributed by atoms with Crippen molar-refractivity contribution < 1.29 is 13.6 Å². The standard InChI is InChI=1S/C6H6BrF2NO/c7-2-1-5(11)10-3-6(8,9)4-10/h1-2H,3-4H2. The molecule has 0 radical (unpaired) electrons. The normalized spacial score (nSPS) is 21.9. The van der Waals surface area contributed by atoms with Crippen molar-refractivity contribution in [1.29, 1.82) is 0 Å². The van der Waals surface area contributed by atoms with Crippen LogP contribution in [0.25, 0.3) is 0 Å². The highest BCUT2D eigenvalue weighted by molar-refractivity contribution is 9.11. The number of carbonyl (C=O) groups excluding carboxylic acids is 1. The molecule has 1 heterocycles. The molecule has 1 saturated heterocycles. The minimum atomic E-state index is -2.67. The molecule has 1 fully saturated rings. The van der Waals surface area contributed by atoms with Crippen molar-refractivity contribution in [2.45, 2.75) is 5.92 Å². The Balaban J connectivity index is 2.38. The third kappa shape index (κ3) is 1.99. The Morgan fingerprint density at radius 3 is 2.45 bits per heavy atom. The second kappa shape index (κ2) is 2.89. The van der Waals surface area contributed by atoms with Crippen LogP contribution >= 0.6 is 15.9 Å². The Hall–Kier alpha value is -0.450. The second-order valence-electron chi connectivity index (χ2n) is 2.34. The zero-order chi connectivity index (χ0) is 8.48. The molecule has 0 bridgehead atoms. The van der Waals surface area contributed by atoms with Crippen LogP contribution in [-0.4, -0.2) is 29.8 Å². The van der Waals surface area contributed by atoms with E-state index in [4.69, 9.17) is 0 Å². The maximum Gasteiger partial charge on any atom is 0.282 e. The molecular formula is C6H6BrF2NO. The summed E-state index contributed by atoms with van der Waals surface area (Å²) in [7, 11) is 0. The molecule has 1 rings (SSSR count). The molecule has 0 aromatic carbocycles. The van der Waals surface area contributed by atoms with Gasteiger partial charge in [-0.25, -0.2) is 8.78 Å². The Bertz CT molecular complexity index is 197. The quantitative estimate of drug-likeness (QED) is 0.618. The van der Waals surface area contributed by atoms with Crippen molar-refractivity contribution in [3.63, 3.8) is 0 Å². The molecule has 0 spiro atoms. The maximum atomic E-state index is 12.2. The highest BCUT2D eigenvalue weighted by Gasteiger charge is 2.45. The van der Waals surface area contributed by atoms with E-state index >= 15 is 0 Å². The Labute approximate surface area is 71.0 Å². The number of carbonyl (C=O) groups is 1. The largest absolute Gasteiger partial charge is 0.327 e. The molecule has 1 aliphatic heterocycles. The first kappa shape index (κ1) is 8.64. The number of likely N-dealkylation sites (tertiary alicyclic amines) is 1. The molecule has 0 aromatic heterocycles. The first-order valence-corrected chi connectivity index (χ1v) is 3.90. The molecule has 1 aliphatic rings. The van der Waals surface area contributed by atoms with Gasteiger partial charge in [-0.05, 0) is 4.99 Å². The summed E-state index contributed by atoms with van der Waals surface area (Å²) >= 11 is 2.88. The molecule has 0 N–H and O–H groups in total. The van der Waals surface area contributed by atoms with Crippen molar-refractivity contribution >= 4 is 21.8 Å². The molecule has 62 valence electrons. The molecule has 0 saturated carbocycles. The SMILES string of the molecule is O=C(C=CBr)N1CC(F)(F)C1. The van der Waals surface area contributed by atoms with Gasteiger partial charge in [0.05, 0.1) is 13.1 Å². The van der Waals surface area contributed by atoms with E-state index in [1.165, 1.54) is 11.1 Å². The van der Waals surface area contributed by atoms with Crippen molar-refractivity contribution in [2.75, 3.05) is 13.1 Å². The summed E-state index contributed by atoms with van der Waals surface area (Å²) in [6, 6.07) is 0. The van der Waals surface area contributed by atoms with Crippen LogP contribution in [0, 0.1) is 0 Å². The van der Waals surface area contributed by atoms with Crippen LogP contribution in [0.2, 0.25) is 0 Å². The Morgan fingerprint density at radius 1 is 1.55 bits per heavy atom. The van der Waals surface area contributed by atoms with Crippen LogP contribution in [0.4, 0.5) is 8.78 Å². The summed E-state index contributed by atoms with van der Waals surface area (Å²) in [4.78, 5) is 13.2. The summed E-state index contributed by atoms with van der Waals surface area (Å²) in [6.45, 7) is -0.910. The van der Waals surface area contributed by atoms with Crippen LogP contribution in [0.1, 0.15) is 0 Å². The topological polar surface area (TPSA) is 20.3 Å². The van der Waals surface area contributed by atoms with Crippen molar-refractivity contribution in [2.24, 2.45) is 0 Å². The van der Waals surface area contributed by atoms with E-state index in [0.717, 1.165) is 4.90 Å². The van der Waals surface area contributed by atoms with Gasteiger partial charge >= 0.3 is 0 Å². The predicted octanol–water partition coefficient (Wildman–Crippen LogP) is 1.37. The number of halogens is 3. The summed E-state index contributed by atoms with van der Waals surface area (Å²) in [6.07, 6.45) is 1.20. The van der Waals surface area contributed by atoms with Gasteiger partial charge in [0.2, 0.25) is 5.91 Å². The van der Waals surface area contributed by atoms with E-state index in [2.05, 4.69) is 15.9 Å². The number of rotatable bonds is 1. The van der Waals surface area contributed by atoms with Crippen LogP contribution in [0.3, 0.4) is 0 Å². The number of hydrogen-bond acceptors (Lipinski definition) is 1. The van der Waals surface area contributed by atoms with Gasteiger partial charge in [0, 0.05) is 6.08 Å². The fourth-order valence-corrected chi connectivity index (χ4v) is 1.05. The zero-order valence-electron chi connectivity index (χ0n) is 5.56. The van der Waals surface area contributed by atoms with Gasteiger partial charge in [-0.1, -0.05) is 15.9 Å². The fourth-order valence-electron chi connectivity index (χ4n) is 0.827. The summed E-state index contributed by atoms with van der Waals surface area (Å²) in [5, 5.41) is 0. The van der Waals surface area contributed by atoms with Crippen LogP contribution in [0.15, 0.2) is 11.1 Å². The molecular weight excluding hydrogens is 220 g/mol. The van der Waals surface area contributed by atoms with Gasteiger partial charge in [-0.2, -0.15) is 0 Å². The molecule has 0 aliphatic carbocycles. The summed E-state index contributed by atoms with van der Waals surface area (Å²) < 4.78 is 24.3. The van der Waals surface area contributed by atoms with Crippen LogP contribution in [-0.2, 0) is 4.79 Å². The smallest absolute Gasteiger partial charge is 0.282 e. The zero-order valence-corrected chi connectivity index (χ0v) is 7.14. The average molecular weight is 226 g/mol. The molecule has 1 amide bonds. The number of amides is 1.